The van der Waals surface area contributed by atoms with E-state index in [1.165, 1.54) is 0 Å². The van der Waals surface area contributed by atoms with Gasteiger partial charge in [0.2, 0.25) is 0 Å². The summed E-state index contributed by atoms with van der Waals surface area (Å²) in [5.74, 6) is 0. The third-order valence-electron chi connectivity index (χ3n) is 6.02. The summed E-state index contributed by atoms with van der Waals surface area (Å²) in [6, 6.07) is 23.9. The van der Waals surface area contributed by atoms with Crippen LogP contribution in [0.1, 0.15) is 16.7 Å². The molecule has 1 unspecified atom stereocenters. The minimum Gasteiger partial charge on any atom is -0.464 e. The van der Waals surface area contributed by atoms with Crippen LogP contribution in [0.5, 0.6) is 0 Å². The zero-order valence-corrected chi connectivity index (χ0v) is 21.3. The minimum absolute atomic E-state index is 0.0133. The van der Waals surface area contributed by atoms with Gasteiger partial charge >= 0.3 is 6.09 Å². The van der Waals surface area contributed by atoms with Crippen molar-refractivity contribution in [1.82, 2.24) is 9.97 Å². The quantitative estimate of drug-likeness (QED) is 0.219. The normalized spacial score (nSPS) is 12.8. The van der Waals surface area contributed by atoms with Crippen LogP contribution in [0.15, 0.2) is 97.3 Å². The SMILES string of the molecule is O=C(O)N(c1ccccc1)c1c(Cl)nc2ccc(C(O)(c3cccnc3)c3cccc(Cl)c3)cc2c1Cl. The van der Waals surface area contributed by atoms with E-state index >= 15 is 0 Å². The van der Waals surface area contributed by atoms with Gasteiger partial charge in [-0.15, -0.1) is 0 Å². The molecule has 5 aromatic rings. The van der Waals surface area contributed by atoms with E-state index in [-0.39, 0.29) is 15.9 Å². The highest BCUT2D eigenvalue weighted by molar-refractivity contribution is 6.43. The van der Waals surface area contributed by atoms with E-state index in [9.17, 15) is 15.0 Å². The number of pyridine rings is 2. The van der Waals surface area contributed by atoms with Crippen molar-refractivity contribution in [3.63, 3.8) is 0 Å². The number of amides is 1. The van der Waals surface area contributed by atoms with E-state index in [4.69, 9.17) is 34.8 Å². The molecule has 0 saturated carbocycles. The van der Waals surface area contributed by atoms with Gasteiger partial charge in [0.25, 0.3) is 0 Å². The van der Waals surface area contributed by atoms with Gasteiger partial charge < -0.3 is 10.2 Å². The van der Waals surface area contributed by atoms with Gasteiger partial charge in [0.05, 0.1) is 16.2 Å². The summed E-state index contributed by atoms with van der Waals surface area (Å²) in [4.78, 5) is 21.9. The van der Waals surface area contributed by atoms with Crippen molar-refractivity contribution in [2.45, 2.75) is 5.60 Å². The van der Waals surface area contributed by atoms with Crippen molar-refractivity contribution in [2.24, 2.45) is 0 Å². The van der Waals surface area contributed by atoms with E-state index in [2.05, 4.69) is 9.97 Å². The van der Waals surface area contributed by atoms with Gasteiger partial charge in [-0.3, -0.25) is 4.98 Å². The van der Waals surface area contributed by atoms with Crippen LogP contribution in [-0.4, -0.2) is 26.3 Å². The Morgan fingerprint density at radius 1 is 0.838 bits per heavy atom. The van der Waals surface area contributed by atoms with Crippen LogP contribution in [0, 0.1) is 0 Å². The highest BCUT2D eigenvalue weighted by Gasteiger charge is 2.35. The summed E-state index contributed by atoms with van der Waals surface area (Å²) in [6.07, 6.45) is 1.90. The third kappa shape index (κ3) is 4.49. The Labute approximate surface area is 227 Å². The first-order valence-electron chi connectivity index (χ1n) is 11.1. The third-order valence-corrected chi connectivity index (χ3v) is 6.90. The lowest BCUT2D eigenvalue weighted by Gasteiger charge is -2.30. The lowest BCUT2D eigenvalue weighted by molar-refractivity contribution is 0.125. The van der Waals surface area contributed by atoms with Crippen molar-refractivity contribution in [2.75, 3.05) is 4.90 Å². The highest BCUT2D eigenvalue weighted by atomic mass is 35.5. The fourth-order valence-corrected chi connectivity index (χ4v) is 5.14. The van der Waals surface area contributed by atoms with E-state index < -0.39 is 11.7 Å². The molecule has 184 valence electrons. The predicted octanol–water partition coefficient (Wildman–Crippen LogP) is 7.69. The lowest BCUT2D eigenvalue weighted by Crippen LogP contribution is -2.29. The Hall–Kier alpha value is -3.68. The van der Waals surface area contributed by atoms with Gasteiger partial charge in [-0.1, -0.05) is 77.3 Å². The number of nitrogens with zero attached hydrogens (tertiary/aromatic N) is 3. The molecular formula is C28H18Cl3N3O3. The number of para-hydroxylation sites is 1. The number of benzene rings is 3. The maximum absolute atomic E-state index is 12.3. The van der Waals surface area contributed by atoms with Crippen LogP contribution >= 0.6 is 34.8 Å². The second-order valence-corrected chi connectivity index (χ2v) is 9.39. The molecule has 2 N–H and O–H groups in total. The Morgan fingerprint density at radius 3 is 2.24 bits per heavy atom. The zero-order chi connectivity index (χ0) is 26.2. The molecule has 6 nitrogen and oxygen atoms in total. The Balaban J connectivity index is 1.77. The second-order valence-electron chi connectivity index (χ2n) is 8.21. The molecule has 2 heterocycles. The molecule has 3 aromatic carbocycles. The number of aliphatic hydroxyl groups is 1. The van der Waals surface area contributed by atoms with Crippen LogP contribution in [0.4, 0.5) is 16.2 Å². The van der Waals surface area contributed by atoms with Crippen LogP contribution in [0.3, 0.4) is 0 Å². The van der Waals surface area contributed by atoms with Gasteiger partial charge in [0, 0.05) is 28.4 Å². The molecule has 0 aliphatic heterocycles. The van der Waals surface area contributed by atoms with Crippen molar-refractivity contribution >= 4 is 63.2 Å². The number of carboxylic acid groups (broad SMARTS) is 1. The van der Waals surface area contributed by atoms with E-state index in [1.54, 1.807) is 97.3 Å². The molecule has 1 amide bonds. The zero-order valence-electron chi connectivity index (χ0n) is 19.0. The van der Waals surface area contributed by atoms with Crippen LogP contribution in [0.25, 0.3) is 10.9 Å². The molecule has 0 spiro atoms. The van der Waals surface area contributed by atoms with E-state index in [0.29, 0.717) is 38.3 Å². The molecule has 2 aromatic heterocycles. The topological polar surface area (TPSA) is 86.5 Å². The van der Waals surface area contributed by atoms with Crippen molar-refractivity contribution in [3.8, 4) is 0 Å². The molecule has 0 saturated heterocycles. The largest absolute Gasteiger partial charge is 0.464 e. The molecule has 5 rings (SSSR count). The number of carbonyl (C=O) groups is 1. The summed E-state index contributed by atoms with van der Waals surface area (Å²) < 4.78 is 0. The average Bonchev–Trinajstić information content (AvgIpc) is 2.91. The first-order valence-corrected chi connectivity index (χ1v) is 12.2. The number of rotatable bonds is 5. The Morgan fingerprint density at radius 2 is 1.57 bits per heavy atom. The number of hydrogen-bond acceptors (Lipinski definition) is 4. The van der Waals surface area contributed by atoms with Crippen LogP contribution in [0.2, 0.25) is 15.2 Å². The number of fused-ring (bicyclic) bond motifs is 1. The number of aromatic nitrogens is 2. The summed E-state index contributed by atoms with van der Waals surface area (Å²) in [6.45, 7) is 0. The van der Waals surface area contributed by atoms with Gasteiger partial charge in [-0.05, 0) is 53.6 Å². The van der Waals surface area contributed by atoms with Gasteiger partial charge in [-0.2, -0.15) is 0 Å². The Bertz CT molecular complexity index is 1620. The molecule has 0 fully saturated rings. The van der Waals surface area contributed by atoms with Gasteiger partial charge in [0.1, 0.15) is 11.3 Å². The maximum Gasteiger partial charge on any atom is 0.416 e. The predicted molar refractivity (Wildman–Crippen MR) is 146 cm³/mol. The molecule has 37 heavy (non-hydrogen) atoms. The summed E-state index contributed by atoms with van der Waals surface area (Å²) >= 11 is 19.6. The van der Waals surface area contributed by atoms with Gasteiger partial charge in [0.15, 0.2) is 5.15 Å². The maximum atomic E-state index is 12.3. The van der Waals surface area contributed by atoms with Gasteiger partial charge in [-0.25, -0.2) is 14.7 Å². The van der Waals surface area contributed by atoms with Crippen LogP contribution in [-0.2, 0) is 5.60 Å². The standard InChI is InChI=1S/C28H18Cl3N3O3/c29-20-8-4-6-17(14-20)28(37,19-7-5-13-32-16-19)18-11-12-23-22(15-18)24(30)25(26(31)33-23)34(27(35)36)21-9-2-1-3-10-21/h1-16,37H,(H,35,36). The fraction of sp³-hybridized carbons (Fsp3) is 0.0357. The molecular weight excluding hydrogens is 533 g/mol. The number of anilines is 2. The monoisotopic (exact) mass is 549 g/mol. The molecule has 0 radical (unpaired) electrons. The summed E-state index contributed by atoms with van der Waals surface area (Å²) in [5, 5.41) is 23.1. The molecule has 0 aliphatic carbocycles. The van der Waals surface area contributed by atoms with E-state index in [0.717, 1.165) is 4.90 Å². The molecule has 0 bridgehead atoms. The number of hydrogen-bond donors (Lipinski definition) is 2. The lowest BCUT2D eigenvalue weighted by atomic mass is 9.80. The first-order chi connectivity index (χ1) is 17.8. The fourth-order valence-electron chi connectivity index (χ4n) is 4.30. The van der Waals surface area contributed by atoms with Crippen molar-refractivity contribution in [3.05, 3.63) is 129 Å². The molecule has 1 atom stereocenters. The minimum atomic E-state index is -1.65. The average molecular weight is 551 g/mol. The van der Waals surface area contributed by atoms with E-state index in [1.807, 2.05) is 0 Å². The summed E-state index contributed by atoms with van der Waals surface area (Å²) in [7, 11) is 0. The smallest absolute Gasteiger partial charge is 0.416 e. The number of halogens is 3. The second kappa shape index (κ2) is 10.00. The van der Waals surface area contributed by atoms with Crippen molar-refractivity contribution < 1.29 is 15.0 Å². The highest BCUT2D eigenvalue weighted by Crippen LogP contribution is 2.44. The Kier molecular flexibility index (Phi) is 6.75. The summed E-state index contributed by atoms with van der Waals surface area (Å²) in [5.41, 5.74) is 0.617. The molecule has 0 aliphatic rings. The van der Waals surface area contributed by atoms with Crippen LogP contribution < -0.4 is 4.90 Å². The van der Waals surface area contributed by atoms with Crippen molar-refractivity contribution in [1.29, 1.82) is 0 Å². The first kappa shape index (κ1) is 25.0. The molecule has 9 heteroatoms.